The van der Waals surface area contributed by atoms with Crippen molar-refractivity contribution in [2.45, 2.75) is 52.4 Å². The second-order valence-corrected chi connectivity index (χ2v) is 6.11. The predicted molar refractivity (Wildman–Crippen MR) is 94.3 cm³/mol. The molecule has 0 radical (unpaired) electrons. The molecule has 1 heterocycles. The Morgan fingerprint density at radius 3 is 2.55 bits per heavy atom. The summed E-state index contributed by atoms with van der Waals surface area (Å²) in [6.45, 7) is 10.2. The Balaban J connectivity index is 2.08. The highest BCUT2D eigenvalue weighted by molar-refractivity contribution is 5.94. The summed E-state index contributed by atoms with van der Waals surface area (Å²) in [5, 5.41) is 0. The van der Waals surface area contributed by atoms with Gasteiger partial charge in [-0.3, -0.25) is 4.79 Å². The lowest BCUT2D eigenvalue weighted by Crippen LogP contribution is -2.35. The number of carbonyl (C=O) groups excluding carboxylic acids is 1. The van der Waals surface area contributed by atoms with Crippen molar-refractivity contribution in [2.75, 3.05) is 22.9 Å². The molecule has 0 bridgehead atoms. The summed E-state index contributed by atoms with van der Waals surface area (Å²) in [5.41, 5.74) is 3.25. The first-order valence-corrected chi connectivity index (χ1v) is 8.47. The van der Waals surface area contributed by atoms with Crippen LogP contribution in [0.15, 0.2) is 36.5 Å². The molecule has 0 aliphatic carbocycles. The number of anilines is 2. The van der Waals surface area contributed by atoms with Gasteiger partial charge in [-0.1, -0.05) is 26.3 Å². The van der Waals surface area contributed by atoms with Crippen LogP contribution in [-0.2, 0) is 4.79 Å². The lowest BCUT2D eigenvalue weighted by Gasteiger charge is -2.28. The Morgan fingerprint density at radius 1 is 1.23 bits per heavy atom. The Hall–Kier alpha value is -1.77. The molecule has 0 spiro atoms. The van der Waals surface area contributed by atoms with Crippen LogP contribution in [0.4, 0.5) is 11.4 Å². The van der Waals surface area contributed by atoms with Crippen molar-refractivity contribution in [1.82, 2.24) is 0 Å². The van der Waals surface area contributed by atoms with E-state index in [1.54, 1.807) is 0 Å². The lowest BCUT2D eigenvalue weighted by atomic mass is 10.1. The van der Waals surface area contributed by atoms with Gasteiger partial charge >= 0.3 is 0 Å². The molecule has 0 N–H and O–H groups in total. The summed E-state index contributed by atoms with van der Waals surface area (Å²) >= 11 is 0. The van der Waals surface area contributed by atoms with Gasteiger partial charge in [0.25, 0.3) is 0 Å². The maximum Gasteiger partial charge on any atom is 0.226 e. The first-order chi connectivity index (χ1) is 10.6. The fraction of sp³-hybridized carbons (Fsp3) is 0.526. The highest BCUT2D eigenvalue weighted by atomic mass is 16.2. The van der Waals surface area contributed by atoms with Crippen LogP contribution < -0.4 is 9.80 Å². The number of allylic oxidation sites excluding steroid dienone is 1. The quantitative estimate of drug-likeness (QED) is 0.679. The first kappa shape index (κ1) is 16.6. The topological polar surface area (TPSA) is 23.6 Å². The van der Waals surface area contributed by atoms with Gasteiger partial charge in [-0.25, -0.2) is 0 Å². The van der Waals surface area contributed by atoms with Gasteiger partial charge in [0, 0.05) is 36.6 Å². The molecule has 3 heteroatoms. The molecule has 120 valence electrons. The number of rotatable bonds is 7. The zero-order valence-corrected chi connectivity index (χ0v) is 14.0. The Kier molecular flexibility index (Phi) is 6.05. The molecule has 22 heavy (non-hydrogen) atoms. The maximum absolute atomic E-state index is 12.0. The smallest absolute Gasteiger partial charge is 0.226 e. The Morgan fingerprint density at radius 2 is 1.95 bits per heavy atom. The van der Waals surface area contributed by atoms with E-state index in [-0.39, 0.29) is 5.91 Å². The van der Waals surface area contributed by atoms with Crippen LogP contribution in [-0.4, -0.2) is 19.0 Å². The fourth-order valence-electron chi connectivity index (χ4n) is 2.95. The number of unbranched alkanes of at least 4 members (excludes halogenated alkanes) is 2. The molecule has 1 saturated heterocycles. The number of nitrogens with zero attached hydrogens (tertiary/aromatic N) is 2. The van der Waals surface area contributed by atoms with Crippen LogP contribution in [0.3, 0.4) is 0 Å². The summed E-state index contributed by atoms with van der Waals surface area (Å²) < 4.78 is 0. The van der Waals surface area contributed by atoms with Crippen LogP contribution in [0.25, 0.3) is 0 Å². The van der Waals surface area contributed by atoms with Crippen LogP contribution in [0.1, 0.15) is 52.4 Å². The second-order valence-electron chi connectivity index (χ2n) is 6.11. The van der Waals surface area contributed by atoms with Gasteiger partial charge in [0.2, 0.25) is 5.91 Å². The largest absolute Gasteiger partial charge is 0.346 e. The summed E-state index contributed by atoms with van der Waals surface area (Å²) in [6, 6.07) is 8.35. The zero-order chi connectivity index (χ0) is 15.9. The molecule has 1 aliphatic rings. The zero-order valence-electron chi connectivity index (χ0n) is 14.0. The molecule has 0 unspecified atom stereocenters. The fourth-order valence-corrected chi connectivity index (χ4v) is 2.95. The number of benzene rings is 1. The summed E-state index contributed by atoms with van der Waals surface area (Å²) in [6.07, 6.45) is 6.44. The summed E-state index contributed by atoms with van der Waals surface area (Å²) in [5.74, 6) is 0.249. The Labute approximate surface area is 134 Å². The monoisotopic (exact) mass is 300 g/mol. The minimum atomic E-state index is 0.249. The molecule has 0 atom stereocenters. The molecule has 0 saturated carbocycles. The average molecular weight is 300 g/mol. The van der Waals surface area contributed by atoms with Gasteiger partial charge in [-0.2, -0.15) is 0 Å². The molecule has 1 aromatic rings. The van der Waals surface area contributed by atoms with Crippen molar-refractivity contribution in [1.29, 1.82) is 0 Å². The standard InChI is InChI=1S/C19H28N2O/c1-4-5-7-14-20(16(2)3)17-10-12-18(13-11-17)21-15-8-6-9-19(21)22/h10-13H,2,4-9,14-15H2,1,3H3. The third-order valence-corrected chi connectivity index (χ3v) is 4.24. The minimum absolute atomic E-state index is 0.249. The number of hydrogen-bond donors (Lipinski definition) is 0. The molecule has 3 nitrogen and oxygen atoms in total. The molecular weight excluding hydrogens is 272 g/mol. The van der Waals surface area contributed by atoms with Gasteiger partial charge in [0.15, 0.2) is 0 Å². The number of carbonyl (C=O) groups is 1. The van der Waals surface area contributed by atoms with Crippen molar-refractivity contribution in [3.63, 3.8) is 0 Å². The third-order valence-electron chi connectivity index (χ3n) is 4.24. The summed E-state index contributed by atoms with van der Waals surface area (Å²) in [4.78, 5) is 16.2. The SMILES string of the molecule is C=C(C)N(CCCCC)c1ccc(N2CCCCC2=O)cc1. The average Bonchev–Trinajstić information content (AvgIpc) is 2.52. The van der Waals surface area contributed by atoms with Crippen molar-refractivity contribution >= 4 is 17.3 Å². The van der Waals surface area contributed by atoms with Gasteiger partial charge < -0.3 is 9.80 Å². The number of piperidine rings is 1. The van der Waals surface area contributed by atoms with E-state index in [0.29, 0.717) is 6.42 Å². The van der Waals surface area contributed by atoms with E-state index >= 15 is 0 Å². The third kappa shape index (κ3) is 4.12. The molecule has 1 fully saturated rings. The molecule has 1 amide bonds. The second kappa shape index (κ2) is 8.02. The number of hydrogen-bond acceptors (Lipinski definition) is 2. The van der Waals surface area contributed by atoms with E-state index in [2.05, 4.69) is 42.7 Å². The van der Waals surface area contributed by atoms with Crippen LogP contribution in [0, 0.1) is 0 Å². The minimum Gasteiger partial charge on any atom is -0.346 e. The normalized spacial score (nSPS) is 15.0. The molecule has 1 aromatic carbocycles. The lowest BCUT2D eigenvalue weighted by molar-refractivity contribution is -0.119. The highest BCUT2D eigenvalue weighted by Crippen LogP contribution is 2.26. The first-order valence-electron chi connectivity index (χ1n) is 8.47. The summed E-state index contributed by atoms with van der Waals surface area (Å²) in [7, 11) is 0. The van der Waals surface area contributed by atoms with Gasteiger partial charge in [0.1, 0.15) is 0 Å². The van der Waals surface area contributed by atoms with E-state index in [1.165, 1.54) is 19.3 Å². The van der Waals surface area contributed by atoms with E-state index in [1.807, 2.05) is 11.8 Å². The van der Waals surface area contributed by atoms with Crippen molar-refractivity contribution < 1.29 is 4.79 Å². The van der Waals surface area contributed by atoms with Gasteiger partial charge in [0.05, 0.1) is 0 Å². The van der Waals surface area contributed by atoms with Crippen molar-refractivity contribution in [3.8, 4) is 0 Å². The van der Waals surface area contributed by atoms with Crippen LogP contribution in [0.2, 0.25) is 0 Å². The number of amides is 1. The van der Waals surface area contributed by atoms with Crippen molar-refractivity contribution in [2.24, 2.45) is 0 Å². The predicted octanol–water partition coefficient (Wildman–Crippen LogP) is 4.73. The van der Waals surface area contributed by atoms with E-state index in [9.17, 15) is 4.79 Å². The molecule has 2 rings (SSSR count). The Bertz CT molecular complexity index is 507. The van der Waals surface area contributed by atoms with E-state index in [0.717, 1.165) is 43.0 Å². The molecular formula is C19H28N2O. The maximum atomic E-state index is 12.0. The van der Waals surface area contributed by atoms with Gasteiger partial charge in [-0.15, -0.1) is 0 Å². The van der Waals surface area contributed by atoms with E-state index in [4.69, 9.17) is 0 Å². The highest BCUT2D eigenvalue weighted by Gasteiger charge is 2.19. The van der Waals surface area contributed by atoms with Crippen LogP contribution in [0.5, 0.6) is 0 Å². The van der Waals surface area contributed by atoms with Gasteiger partial charge in [-0.05, 0) is 50.5 Å². The molecule has 0 aromatic heterocycles. The molecule has 1 aliphatic heterocycles. The van der Waals surface area contributed by atoms with E-state index < -0.39 is 0 Å². The van der Waals surface area contributed by atoms with Crippen molar-refractivity contribution in [3.05, 3.63) is 36.5 Å². The van der Waals surface area contributed by atoms with Crippen LogP contribution >= 0.6 is 0 Å².